The van der Waals surface area contributed by atoms with E-state index in [-0.39, 0.29) is 12.1 Å². The summed E-state index contributed by atoms with van der Waals surface area (Å²) < 4.78 is 7.91. The normalized spacial score (nSPS) is 21.1. The maximum absolute atomic E-state index is 10.5. The van der Waals surface area contributed by atoms with Crippen LogP contribution >= 0.6 is 0 Å². The van der Waals surface area contributed by atoms with Gasteiger partial charge in [-0.15, -0.1) is 11.5 Å². The second-order valence-corrected chi connectivity index (χ2v) is 16.4. The van der Waals surface area contributed by atoms with Crippen LogP contribution in [0.15, 0.2) is 12.3 Å². The molecule has 1 aliphatic heterocycles. The van der Waals surface area contributed by atoms with Gasteiger partial charge in [0.2, 0.25) is 0 Å². The van der Waals surface area contributed by atoms with Crippen LogP contribution in [0.25, 0.3) is 10.9 Å². The number of hydrogen-bond acceptors (Lipinski definition) is 4. The van der Waals surface area contributed by atoms with Crippen LogP contribution in [-0.4, -0.2) is 41.6 Å². The highest BCUT2D eigenvalue weighted by atomic mass is 28.3. The van der Waals surface area contributed by atoms with E-state index in [2.05, 4.69) is 64.2 Å². The number of nitrogens with zero attached hydrogens (tertiary/aromatic N) is 2. The Hall–Kier alpha value is -1.59. The van der Waals surface area contributed by atoms with Crippen LogP contribution in [0.2, 0.25) is 16.6 Å². The van der Waals surface area contributed by atoms with Gasteiger partial charge in [0.15, 0.2) is 6.23 Å². The van der Waals surface area contributed by atoms with Crippen molar-refractivity contribution in [3.63, 3.8) is 0 Å². The van der Waals surface area contributed by atoms with Gasteiger partial charge in [-0.25, -0.2) is 4.68 Å². The van der Waals surface area contributed by atoms with E-state index in [0.29, 0.717) is 22.1 Å². The molecule has 2 N–H and O–H groups in total. The third-order valence-electron chi connectivity index (χ3n) is 8.14. The number of rotatable bonds is 5. The lowest BCUT2D eigenvalue weighted by atomic mass is 9.72. The van der Waals surface area contributed by atoms with Gasteiger partial charge in [-0.2, -0.15) is 5.10 Å². The fourth-order valence-electron chi connectivity index (χ4n) is 6.56. The molecule has 4 rings (SSSR count). The molecule has 33 heavy (non-hydrogen) atoms. The summed E-state index contributed by atoms with van der Waals surface area (Å²) in [5.41, 5.74) is 9.32. The molecule has 0 radical (unpaired) electrons. The number of hydrogen-bond donors (Lipinski definition) is 2. The molecule has 2 heterocycles. The molecule has 2 unspecified atom stereocenters. The Morgan fingerprint density at radius 1 is 1.09 bits per heavy atom. The van der Waals surface area contributed by atoms with Crippen LogP contribution in [0.5, 0.6) is 0 Å². The Bertz CT molecular complexity index is 1040. The van der Waals surface area contributed by atoms with Crippen LogP contribution in [0.1, 0.15) is 90.5 Å². The second kappa shape index (κ2) is 9.58. The summed E-state index contributed by atoms with van der Waals surface area (Å²) >= 11 is 0. The quantitative estimate of drug-likeness (QED) is 0.497. The van der Waals surface area contributed by atoms with Crippen LogP contribution in [0.4, 0.5) is 0 Å². The molecule has 1 aliphatic carbocycles. The van der Waals surface area contributed by atoms with Gasteiger partial charge in [-0.3, -0.25) is 0 Å². The predicted octanol–water partition coefficient (Wildman–Crippen LogP) is 4.67. The topological polar surface area (TPSA) is 67.5 Å². The summed E-state index contributed by atoms with van der Waals surface area (Å²) in [7, 11) is -3.40. The molecule has 1 saturated heterocycles. The highest BCUT2D eigenvalue weighted by Gasteiger charge is 2.42. The molecule has 2 atom stereocenters. The molecule has 1 aromatic carbocycles. The first-order chi connectivity index (χ1) is 15.7. The first-order valence-corrected chi connectivity index (χ1v) is 14.9. The van der Waals surface area contributed by atoms with E-state index in [4.69, 9.17) is 4.74 Å². The number of ether oxygens (including phenoxy) is 1. The average molecular weight is 467 g/mol. The molecule has 2 aromatic rings. The van der Waals surface area contributed by atoms with Gasteiger partial charge < -0.3 is 14.8 Å². The van der Waals surface area contributed by atoms with E-state index in [9.17, 15) is 10.0 Å². The molecule has 0 spiro atoms. The largest absolute Gasteiger partial charge is 0.489 e. The van der Waals surface area contributed by atoms with Gasteiger partial charge in [0.05, 0.1) is 11.7 Å². The van der Waals surface area contributed by atoms with Crippen LogP contribution in [0, 0.1) is 11.5 Å². The number of fused-ring (bicyclic) bond motifs is 2. The second-order valence-electron chi connectivity index (χ2n) is 10.8. The van der Waals surface area contributed by atoms with E-state index < -0.39 is 15.2 Å². The Balaban J connectivity index is 1.81. The highest BCUT2D eigenvalue weighted by molar-refractivity contribution is 6.90. The monoisotopic (exact) mass is 466 g/mol. The fourth-order valence-corrected chi connectivity index (χ4v) is 11.9. The molecule has 1 aromatic heterocycles. The summed E-state index contributed by atoms with van der Waals surface area (Å²) in [5.74, 6) is 3.73. The van der Waals surface area contributed by atoms with E-state index in [1.807, 2.05) is 4.68 Å². The summed E-state index contributed by atoms with van der Waals surface area (Å²) in [4.78, 5) is 0. The first-order valence-electron chi connectivity index (χ1n) is 12.7. The van der Waals surface area contributed by atoms with Crippen molar-refractivity contribution in [2.24, 2.45) is 0 Å². The summed E-state index contributed by atoms with van der Waals surface area (Å²) in [6.45, 7) is 14.7. The first kappa shape index (κ1) is 24.5. The molecular formula is C26H39BN2O3Si. The lowest BCUT2D eigenvalue weighted by Crippen LogP contribution is -2.43. The zero-order valence-corrected chi connectivity index (χ0v) is 22.1. The van der Waals surface area contributed by atoms with Crippen LogP contribution in [0.3, 0.4) is 0 Å². The number of aryl methyl sites for hydroxylation is 1. The van der Waals surface area contributed by atoms with Crippen molar-refractivity contribution in [2.45, 2.75) is 102 Å². The van der Waals surface area contributed by atoms with Crippen molar-refractivity contribution >= 4 is 31.6 Å². The molecule has 1 fully saturated rings. The molecule has 2 aliphatic rings. The number of benzene rings is 1. The van der Waals surface area contributed by atoms with E-state index in [0.717, 1.165) is 55.2 Å². The molecule has 7 heteroatoms. The lowest BCUT2D eigenvalue weighted by Gasteiger charge is -2.38. The Labute approximate surface area is 200 Å². The molecule has 0 amide bonds. The third kappa shape index (κ3) is 4.20. The smallest absolute Gasteiger partial charge is 0.423 e. The van der Waals surface area contributed by atoms with Crippen molar-refractivity contribution in [1.29, 1.82) is 0 Å². The Morgan fingerprint density at radius 2 is 1.79 bits per heavy atom. The Kier molecular flexibility index (Phi) is 7.12. The van der Waals surface area contributed by atoms with Gasteiger partial charge in [-0.1, -0.05) is 41.5 Å². The zero-order chi connectivity index (χ0) is 23.9. The molecular weight excluding hydrogens is 427 g/mol. The van der Waals surface area contributed by atoms with Gasteiger partial charge in [0, 0.05) is 17.9 Å². The van der Waals surface area contributed by atoms with E-state index in [1.165, 1.54) is 5.56 Å². The molecule has 0 saturated carbocycles. The highest BCUT2D eigenvalue weighted by Crippen LogP contribution is 2.42. The number of aromatic nitrogens is 2. The van der Waals surface area contributed by atoms with Crippen LogP contribution in [-0.2, 0) is 11.2 Å². The Morgan fingerprint density at radius 3 is 2.36 bits per heavy atom. The molecule has 0 bridgehead atoms. The van der Waals surface area contributed by atoms with Gasteiger partial charge >= 0.3 is 7.12 Å². The average Bonchev–Trinajstić information content (AvgIpc) is 3.36. The van der Waals surface area contributed by atoms with Gasteiger partial charge in [0.1, 0.15) is 8.07 Å². The molecule has 178 valence electrons. The maximum atomic E-state index is 10.5. The lowest BCUT2D eigenvalue weighted by molar-refractivity contribution is -0.0366. The minimum absolute atomic E-state index is 0.0404. The zero-order valence-electron chi connectivity index (χ0n) is 21.1. The standard InChI is InChI=1S/C26H39BN2O3Si/c1-17(2)33(18(3)4,19(5)6)14-12-20-10-11-21-15-23-22(26(25(20)21)27(30)31)16-28-29(23)24-9-7-8-13-32-24/h15-20,24,30-31H,7-11,13H2,1-6H3. The summed E-state index contributed by atoms with van der Waals surface area (Å²) in [6.07, 6.45) is 6.68. The van der Waals surface area contributed by atoms with Gasteiger partial charge in [0.25, 0.3) is 0 Å². The van der Waals surface area contributed by atoms with Crippen molar-refractivity contribution in [1.82, 2.24) is 9.78 Å². The minimum atomic E-state index is -1.85. The van der Waals surface area contributed by atoms with Gasteiger partial charge in [-0.05, 0) is 71.4 Å². The van der Waals surface area contributed by atoms with Crippen LogP contribution < -0.4 is 5.46 Å². The predicted molar refractivity (Wildman–Crippen MR) is 138 cm³/mol. The van der Waals surface area contributed by atoms with Crippen molar-refractivity contribution in [2.75, 3.05) is 6.61 Å². The van der Waals surface area contributed by atoms with E-state index in [1.54, 1.807) is 6.20 Å². The fraction of sp³-hybridized carbons (Fsp3) is 0.654. The third-order valence-corrected chi connectivity index (χ3v) is 14.4. The summed E-state index contributed by atoms with van der Waals surface area (Å²) in [6, 6.07) is 2.20. The van der Waals surface area contributed by atoms with E-state index >= 15 is 0 Å². The minimum Gasteiger partial charge on any atom is -0.423 e. The van der Waals surface area contributed by atoms with Crippen molar-refractivity contribution < 1.29 is 14.8 Å². The molecule has 5 nitrogen and oxygen atoms in total. The maximum Gasteiger partial charge on any atom is 0.489 e. The summed E-state index contributed by atoms with van der Waals surface area (Å²) in [5, 5.41) is 26.4. The SMILES string of the molecule is CC(C)[Si](C#CC1CCc2cc3c(cnn3C3CCCCO3)c(B(O)O)c21)(C(C)C)C(C)C. The van der Waals surface area contributed by atoms with Crippen molar-refractivity contribution in [3.8, 4) is 11.5 Å². The van der Waals surface area contributed by atoms with Crippen molar-refractivity contribution in [3.05, 3.63) is 23.4 Å².